The lowest BCUT2D eigenvalue weighted by molar-refractivity contribution is 1.07. The molecule has 0 aliphatic rings. The van der Waals surface area contributed by atoms with E-state index in [1.807, 2.05) is 47.7 Å². The van der Waals surface area contributed by atoms with E-state index in [0.717, 1.165) is 50.1 Å². The summed E-state index contributed by atoms with van der Waals surface area (Å²) in [6.45, 7) is 0. The fourth-order valence-corrected chi connectivity index (χ4v) is 9.07. The summed E-state index contributed by atoms with van der Waals surface area (Å²) in [7, 11) is 0. The molecule has 0 bridgehead atoms. The van der Waals surface area contributed by atoms with E-state index >= 15 is 0 Å². The molecule has 0 aliphatic heterocycles. The minimum atomic E-state index is 0.618. The molecule has 3 aromatic heterocycles. The Labute approximate surface area is 327 Å². The van der Waals surface area contributed by atoms with Gasteiger partial charge in [-0.2, -0.15) is 0 Å². The van der Waals surface area contributed by atoms with Gasteiger partial charge in [0.2, 0.25) is 0 Å². The Bertz CT molecular complexity index is 3180. The van der Waals surface area contributed by atoms with Gasteiger partial charge in [0.15, 0.2) is 17.5 Å². The van der Waals surface area contributed by atoms with Gasteiger partial charge < -0.3 is 4.57 Å². The van der Waals surface area contributed by atoms with Gasteiger partial charge in [-0.3, -0.25) is 0 Å². The maximum atomic E-state index is 5.18. The average Bonchev–Trinajstić information content (AvgIpc) is 3.81. The van der Waals surface area contributed by atoms with Crippen LogP contribution in [0.4, 0.5) is 0 Å². The Morgan fingerprint density at radius 3 is 1.52 bits per heavy atom. The van der Waals surface area contributed by atoms with Crippen molar-refractivity contribution >= 4 is 53.3 Å². The zero-order chi connectivity index (χ0) is 37.0. The van der Waals surface area contributed by atoms with Crippen molar-refractivity contribution in [3.8, 4) is 62.1 Å². The van der Waals surface area contributed by atoms with Crippen molar-refractivity contribution in [3.05, 3.63) is 194 Å². The zero-order valence-electron chi connectivity index (χ0n) is 30.2. The maximum absolute atomic E-state index is 5.18. The smallest absolute Gasteiger partial charge is 0.164 e. The monoisotopic (exact) mass is 732 g/mol. The first-order valence-corrected chi connectivity index (χ1v) is 19.6. The molecule has 0 fully saturated rings. The summed E-state index contributed by atoms with van der Waals surface area (Å²) in [5, 5.41) is 5.04. The summed E-state index contributed by atoms with van der Waals surface area (Å²) >= 11 is 1.85. The number of fused-ring (bicyclic) bond motifs is 6. The molecule has 0 N–H and O–H groups in total. The van der Waals surface area contributed by atoms with Crippen LogP contribution in [0, 0.1) is 0 Å². The molecule has 0 radical (unpaired) electrons. The van der Waals surface area contributed by atoms with E-state index < -0.39 is 0 Å². The number of benzene rings is 8. The molecule has 0 spiro atoms. The number of rotatable bonds is 6. The summed E-state index contributed by atoms with van der Waals surface area (Å²) in [6.07, 6.45) is 0. The normalized spacial score (nSPS) is 11.6. The van der Waals surface area contributed by atoms with Gasteiger partial charge in [0.1, 0.15) is 0 Å². The van der Waals surface area contributed by atoms with Crippen molar-refractivity contribution in [2.75, 3.05) is 0 Å². The quantitative estimate of drug-likeness (QED) is 0.171. The van der Waals surface area contributed by atoms with Gasteiger partial charge in [0, 0.05) is 53.3 Å². The molecule has 11 rings (SSSR count). The number of nitrogens with zero attached hydrogens (tertiary/aromatic N) is 4. The van der Waals surface area contributed by atoms with Crippen molar-refractivity contribution in [3.63, 3.8) is 0 Å². The molecule has 5 heteroatoms. The van der Waals surface area contributed by atoms with E-state index in [9.17, 15) is 0 Å². The lowest BCUT2D eigenvalue weighted by atomic mass is 9.97. The van der Waals surface area contributed by atoms with E-state index in [1.165, 1.54) is 36.5 Å². The SMILES string of the molecule is c1ccc(-c2cccc(-c3cc(-c4nc(-c5ccccc5)nc(-c5ccccc5)n4)cc(-n4c5ccccc5c5cc6c(cc54)sc4ccccc46)c3)c2)cc1. The van der Waals surface area contributed by atoms with Crippen LogP contribution in [0.1, 0.15) is 0 Å². The van der Waals surface area contributed by atoms with Gasteiger partial charge in [0.05, 0.1) is 11.0 Å². The first-order valence-electron chi connectivity index (χ1n) is 18.8. The lowest BCUT2D eigenvalue weighted by Gasteiger charge is -2.15. The second-order valence-corrected chi connectivity index (χ2v) is 15.2. The largest absolute Gasteiger partial charge is 0.309 e. The number of hydrogen-bond acceptors (Lipinski definition) is 4. The number of para-hydroxylation sites is 1. The standard InChI is InChI=1S/C51H32N4S/c1-4-15-33(16-5-1)36-21-14-22-37(27-36)38-28-39(51-53-49(34-17-6-2-7-18-34)52-50(54-51)35-19-8-3-9-20-35)30-40(29-38)55-45-25-12-10-23-41(45)43-31-44-42-24-11-13-26-47(42)56-48(44)32-46(43)55/h1-32H. The number of aromatic nitrogens is 4. The Morgan fingerprint density at radius 1 is 0.304 bits per heavy atom. The molecular formula is C51H32N4S. The lowest BCUT2D eigenvalue weighted by Crippen LogP contribution is -2.01. The summed E-state index contributed by atoms with van der Waals surface area (Å²) < 4.78 is 4.99. The van der Waals surface area contributed by atoms with Crippen molar-refractivity contribution < 1.29 is 0 Å². The van der Waals surface area contributed by atoms with Crippen molar-refractivity contribution in [2.24, 2.45) is 0 Å². The molecule has 0 saturated heterocycles. The first kappa shape index (κ1) is 32.2. The number of hydrogen-bond donors (Lipinski definition) is 0. The van der Waals surface area contributed by atoms with Crippen molar-refractivity contribution in [2.45, 2.75) is 0 Å². The molecule has 0 aliphatic carbocycles. The highest BCUT2D eigenvalue weighted by atomic mass is 32.1. The Hall–Kier alpha value is -7.21. The van der Waals surface area contributed by atoms with Crippen molar-refractivity contribution in [1.29, 1.82) is 0 Å². The Balaban J connectivity index is 1.20. The van der Waals surface area contributed by atoms with Crippen LogP contribution in [0.5, 0.6) is 0 Å². The van der Waals surface area contributed by atoms with E-state index in [0.29, 0.717) is 17.5 Å². The Morgan fingerprint density at radius 2 is 0.821 bits per heavy atom. The van der Waals surface area contributed by atoms with E-state index in [2.05, 4.69) is 162 Å². The van der Waals surface area contributed by atoms with Crippen LogP contribution in [-0.4, -0.2) is 19.5 Å². The van der Waals surface area contributed by atoms with Crippen LogP contribution >= 0.6 is 11.3 Å². The molecule has 262 valence electrons. The van der Waals surface area contributed by atoms with Crippen molar-refractivity contribution in [1.82, 2.24) is 19.5 Å². The van der Waals surface area contributed by atoms with Crippen LogP contribution in [0.15, 0.2) is 194 Å². The third-order valence-electron chi connectivity index (χ3n) is 10.6. The highest BCUT2D eigenvalue weighted by Crippen LogP contribution is 2.42. The molecule has 0 saturated carbocycles. The molecule has 11 aromatic rings. The van der Waals surface area contributed by atoms with Crippen LogP contribution in [0.3, 0.4) is 0 Å². The highest BCUT2D eigenvalue weighted by Gasteiger charge is 2.19. The third kappa shape index (κ3) is 5.56. The van der Waals surface area contributed by atoms with Crippen LogP contribution in [0.2, 0.25) is 0 Å². The molecule has 3 heterocycles. The van der Waals surface area contributed by atoms with Crippen LogP contribution in [0.25, 0.3) is 104 Å². The summed E-state index contributed by atoms with van der Waals surface area (Å²) in [5.74, 6) is 1.89. The average molecular weight is 733 g/mol. The molecule has 4 nitrogen and oxygen atoms in total. The minimum Gasteiger partial charge on any atom is -0.309 e. The number of thiophene rings is 1. The van der Waals surface area contributed by atoms with Gasteiger partial charge in [-0.15, -0.1) is 11.3 Å². The highest BCUT2D eigenvalue weighted by molar-refractivity contribution is 7.25. The van der Waals surface area contributed by atoms with E-state index in [1.54, 1.807) is 0 Å². The fraction of sp³-hybridized carbons (Fsp3) is 0. The molecule has 0 atom stereocenters. The van der Waals surface area contributed by atoms with Gasteiger partial charge >= 0.3 is 0 Å². The second kappa shape index (κ2) is 13.3. The molecule has 0 amide bonds. The topological polar surface area (TPSA) is 43.6 Å². The van der Waals surface area contributed by atoms with Gasteiger partial charge in [-0.1, -0.05) is 146 Å². The first-order chi connectivity index (χ1) is 27.7. The molecule has 0 unspecified atom stereocenters. The minimum absolute atomic E-state index is 0.618. The molecule has 56 heavy (non-hydrogen) atoms. The summed E-state index contributed by atoms with van der Waals surface area (Å²) in [4.78, 5) is 15.4. The van der Waals surface area contributed by atoms with E-state index in [-0.39, 0.29) is 0 Å². The Kier molecular flexibility index (Phi) is 7.64. The zero-order valence-corrected chi connectivity index (χ0v) is 31.0. The van der Waals surface area contributed by atoms with Crippen LogP contribution in [-0.2, 0) is 0 Å². The van der Waals surface area contributed by atoms with Gasteiger partial charge in [-0.05, 0) is 70.8 Å². The second-order valence-electron chi connectivity index (χ2n) is 14.1. The van der Waals surface area contributed by atoms with Gasteiger partial charge in [0.25, 0.3) is 0 Å². The molecular weight excluding hydrogens is 701 g/mol. The summed E-state index contributed by atoms with van der Waals surface area (Å²) in [5.41, 5.74) is 10.7. The fourth-order valence-electron chi connectivity index (χ4n) is 7.95. The van der Waals surface area contributed by atoms with E-state index in [4.69, 9.17) is 15.0 Å². The predicted octanol–water partition coefficient (Wildman–Crippen LogP) is 13.7. The maximum Gasteiger partial charge on any atom is 0.164 e. The van der Waals surface area contributed by atoms with Crippen LogP contribution < -0.4 is 0 Å². The predicted molar refractivity (Wildman–Crippen MR) is 234 cm³/mol. The summed E-state index contributed by atoms with van der Waals surface area (Å²) in [6, 6.07) is 68.7. The van der Waals surface area contributed by atoms with Gasteiger partial charge in [-0.25, -0.2) is 15.0 Å². The molecule has 8 aromatic carbocycles. The third-order valence-corrected chi connectivity index (χ3v) is 11.7.